The molecule has 0 heterocycles. The van der Waals surface area contributed by atoms with Crippen LogP contribution in [-0.4, -0.2) is 23.6 Å². The van der Waals surface area contributed by atoms with Gasteiger partial charge >= 0.3 is 0 Å². The van der Waals surface area contributed by atoms with E-state index in [0.29, 0.717) is 16.7 Å². The van der Waals surface area contributed by atoms with Crippen molar-refractivity contribution in [1.82, 2.24) is 10.8 Å². The highest BCUT2D eigenvalue weighted by molar-refractivity contribution is 5.94. The maximum absolute atomic E-state index is 11.8. The summed E-state index contributed by atoms with van der Waals surface area (Å²) in [5.74, 6) is 4.96. The second-order valence-electron chi connectivity index (χ2n) is 4.37. The van der Waals surface area contributed by atoms with Crippen molar-refractivity contribution in [1.29, 1.82) is 0 Å². The van der Waals surface area contributed by atoms with E-state index in [2.05, 4.69) is 17.2 Å². The van der Waals surface area contributed by atoms with Gasteiger partial charge in [0, 0.05) is 16.7 Å². The molecule has 2 rings (SSSR count). The maximum Gasteiger partial charge on any atom is 0.274 e. The molecule has 0 aliphatic carbocycles. The first-order valence-corrected chi connectivity index (χ1v) is 6.57. The Morgan fingerprint density at radius 2 is 1.55 bits per heavy atom. The van der Waals surface area contributed by atoms with Gasteiger partial charge in [0.2, 0.25) is 0 Å². The third-order valence-corrected chi connectivity index (χ3v) is 2.85. The molecule has 0 saturated heterocycles. The van der Waals surface area contributed by atoms with Gasteiger partial charge in [-0.25, -0.2) is 5.48 Å². The Morgan fingerprint density at radius 1 is 0.909 bits per heavy atom. The predicted octanol–water partition coefficient (Wildman–Crippen LogP) is 1.59. The number of hydrogen-bond acceptors (Lipinski definition) is 3. The van der Waals surface area contributed by atoms with Crippen LogP contribution in [0.2, 0.25) is 0 Å². The van der Waals surface area contributed by atoms with Gasteiger partial charge in [0.25, 0.3) is 11.8 Å². The molecule has 0 radical (unpaired) electrons. The molecule has 22 heavy (non-hydrogen) atoms. The number of carbonyl (C=O) groups is 2. The molecule has 5 nitrogen and oxygen atoms in total. The van der Waals surface area contributed by atoms with Gasteiger partial charge in [-0.1, -0.05) is 30.0 Å². The van der Waals surface area contributed by atoms with Crippen LogP contribution in [0.15, 0.2) is 54.6 Å². The molecule has 5 heteroatoms. The fourth-order valence-electron chi connectivity index (χ4n) is 1.73. The molecule has 0 aromatic heterocycles. The topological polar surface area (TPSA) is 78.4 Å². The summed E-state index contributed by atoms with van der Waals surface area (Å²) in [5.41, 5.74) is 3.20. The van der Waals surface area contributed by atoms with Gasteiger partial charge in [-0.05, 0) is 36.4 Å². The summed E-state index contributed by atoms with van der Waals surface area (Å²) < 4.78 is 0. The molecule has 0 fully saturated rings. The van der Waals surface area contributed by atoms with Gasteiger partial charge in [-0.3, -0.25) is 14.8 Å². The smallest absolute Gasteiger partial charge is 0.274 e. The summed E-state index contributed by atoms with van der Waals surface area (Å²) in [6, 6.07) is 15.3. The van der Waals surface area contributed by atoms with E-state index in [4.69, 9.17) is 5.21 Å². The van der Waals surface area contributed by atoms with E-state index in [1.54, 1.807) is 54.0 Å². The Kier molecular flexibility index (Phi) is 5.30. The van der Waals surface area contributed by atoms with E-state index in [-0.39, 0.29) is 12.5 Å². The lowest BCUT2D eigenvalue weighted by atomic mass is 10.1. The van der Waals surface area contributed by atoms with Crippen molar-refractivity contribution in [3.63, 3.8) is 0 Å². The van der Waals surface area contributed by atoms with E-state index >= 15 is 0 Å². The lowest BCUT2D eigenvalue weighted by molar-refractivity contribution is 0.0706. The van der Waals surface area contributed by atoms with E-state index in [0.717, 1.165) is 0 Å². The van der Waals surface area contributed by atoms with Gasteiger partial charge in [0.05, 0.1) is 6.54 Å². The van der Waals surface area contributed by atoms with Gasteiger partial charge < -0.3 is 5.32 Å². The number of benzene rings is 2. The van der Waals surface area contributed by atoms with Crippen molar-refractivity contribution in [3.05, 3.63) is 71.3 Å². The third-order valence-electron chi connectivity index (χ3n) is 2.85. The Hall–Kier alpha value is -3.10. The van der Waals surface area contributed by atoms with Crippen LogP contribution in [0.5, 0.6) is 0 Å². The number of hydroxylamine groups is 1. The fourth-order valence-corrected chi connectivity index (χ4v) is 1.73. The Bertz CT molecular complexity index is 713. The highest BCUT2D eigenvalue weighted by Gasteiger charge is 2.02. The molecule has 0 aliphatic heterocycles. The quantitative estimate of drug-likeness (QED) is 0.457. The molecule has 0 unspecified atom stereocenters. The molecule has 3 N–H and O–H groups in total. The lowest BCUT2D eigenvalue weighted by Crippen LogP contribution is -2.23. The van der Waals surface area contributed by atoms with Crippen LogP contribution in [0.4, 0.5) is 0 Å². The van der Waals surface area contributed by atoms with E-state index in [9.17, 15) is 9.59 Å². The SMILES string of the molecule is O=C(NO)c1ccc(C#CCNC(=O)c2ccccc2)cc1. The Balaban J connectivity index is 1.89. The van der Waals surface area contributed by atoms with Gasteiger partial charge in [0.15, 0.2) is 0 Å². The minimum atomic E-state index is -0.574. The number of carbonyl (C=O) groups excluding carboxylic acids is 2. The Morgan fingerprint density at radius 3 is 2.18 bits per heavy atom. The van der Waals surface area contributed by atoms with Crippen LogP contribution >= 0.6 is 0 Å². The summed E-state index contributed by atoms with van der Waals surface area (Å²) >= 11 is 0. The highest BCUT2D eigenvalue weighted by Crippen LogP contribution is 2.02. The monoisotopic (exact) mass is 294 g/mol. The molecule has 0 aliphatic rings. The maximum atomic E-state index is 11.8. The van der Waals surface area contributed by atoms with Crippen LogP contribution < -0.4 is 10.8 Å². The lowest BCUT2D eigenvalue weighted by Gasteiger charge is -2.00. The standard InChI is InChI=1S/C17H14N2O3/c20-16(14-6-2-1-3-7-14)18-12-4-5-13-8-10-15(11-9-13)17(21)19-22/h1-3,6-11,22H,12H2,(H,18,20)(H,19,21). The molecule has 110 valence electrons. The zero-order valence-corrected chi connectivity index (χ0v) is 11.7. The number of amides is 2. The predicted molar refractivity (Wildman–Crippen MR) is 81.3 cm³/mol. The summed E-state index contributed by atoms with van der Waals surface area (Å²) in [4.78, 5) is 22.9. The van der Waals surface area contributed by atoms with Crippen molar-refractivity contribution < 1.29 is 14.8 Å². The zero-order chi connectivity index (χ0) is 15.8. The number of nitrogens with one attached hydrogen (secondary N) is 2. The molecular weight excluding hydrogens is 280 g/mol. The first-order valence-electron chi connectivity index (χ1n) is 6.57. The van der Waals surface area contributed by atoms with Gasteiger partial charge in [-0.2, -0.15) is 0 Å². The molecule has 2 aromatic carbocycles. The van der Waals surface area contributed by atoms with Crippen LogP contribution in [0.25, 0.3) is 0 Å². The van der Waals surface area contributed by atoms with Crippen molar-refractivity contribution in [2.45, 2.75) is 0 Å². The Labute approximate surface area is 127 Å². The van der Waals surface area contributed by atoms with Gasteiger partial charge in [-0.15, -0.1) is 0 Å². The summed E-state index contributed by atoms with van der Waals surface area (Å²) in [7, 11) is 0. The first kappa shape index (κ1) is 15.3. The molecule has 0 bridgehead atoms. The summed E-state index contributed by atoms with van der Waals surface area (Å²) in [6.45, 7) is 0.229. The molecule has 0 spiro atoms. The van der Waals surface area contributed by atoms with Crippen molar-refractivity contribution in [2.24, 2.45) is 0 Å². The molecule has 0 atom stereocenters. The minimum absolute atomic E-state index is 0.176. The van der Waals surface area contributed by atoms with Crippen molar-refractivity contribution in [3.8, 4) is 11.8 Å². The summed E-state index contributed by atoms with van der Waals surface area (Å²) in [6.07, 6.45) is 0. The average molecular weight is 294 g/mol. The van der Waals surface area contributed by atoms with Crippen LogP contribution in [0.3, 0.4) is 0 Å². The largest absolute Gasteiger partial charge is 0.341 e. The van der Waals surface area contributed by atoms with Crippen molar-refractivity contribution >= 4 is 11.8 Å². The van der Waals surface area contributed by atoms with Crippen molar-refractivity contribution in [2.75, 3.05) is 6.54 Å². The molecule has 0 saturated carbocycles. The fraction of sp³-hybridized carbons (Fsp3) is 0.0588. The normalized spacial score (nSPS) is 9.32. The number of hydrogen-bond donors (Lipinski definition) is 3. The van der Waals surface area contributed by atoms with Crippen LogP contribution in [0, 0.1) is 11.8 Å². The first-order chi connectivity index (χ1) is 10.7. The molecule has 2 amide bonds. The highest BCUT2D eigenvalue weighted by atomic mass is 16.5. The minimum Gasteiger partial charge on any atom is -0.341 e. The third kappa shape index (κ3) is 4.20. The second-order valence-corrected chi connectivity index (χ2v) is 4.37. The molecule has 2 aromatic rings. The zero-order valence-electron chi connectivity index (χ0n) is 11.7. The van der Waals surface area contributed by atoms with E-state index in [1.807, 2.05) is 6.07 Å². The molecular formula is C17H14N2O3. The second kappa shape index (κ2) is 7.62. The average Bonchev–Trinajstić information content (AvgIpc) is 2.59. The van der Waals surface area contributed by atoms with Crippen LogP contribution in [-0.2, 0) is 0 Å². The van der Waals surface area contributed by atoms with E-state index in [1.165, 1.54) is 0 Å². The van der Waals surface area contributed by atoms with Gasteiger partial charge in [0.1, 0.15) is 0 Å². The summed E-state index contributed by atoms with van der Waals surface area (Å²) in [5, 5.41) is 11.2. The van der Waals surface area contributed by atoms with Crippen LogP contribution in [0.1, 0.15) is 26.3 Å². The number of rotatable bonds is 3. The van der Waals surface area contributed by atoms with E-state index < -0.39 is 5.91 Å².